The van der Waals surface area contributed by atoms with E-state index < -0.39 is 16.6 Å². The molecule has 1 N–H and O–H groups in total. The van der Waals surface area contributed by atoms with Crippen LogP contribution in [-0.4, -0.2) is 34.7 Å². The summed E-state index contributed by atoms with van der Waals surface area (Å²) >= 11 is 0. The highest BCUT2D eigenvalue weighted by atomic mass is 28.4. The predicted molar refractivity (Wildman–Crippen MR) is 97.6 cm³/mol. The Bertz CT molecular complexity index is 726. The highest BCUT2D eigenvalue weighted by molar-refractivity contribution is 6.71. The summed E-state index contributed by atoms with van der Waals surface area (Å²) in [5.41, 5.74) is 1.29. The number of fused-ring (bicyclic) bond motifs is 1. The fourth-order valence-corrected chi connectivity index (χ4v) is 3.64. The molecule has 0 aliphatic carbocycles. The lowest BCUT2D eigenvalue weighted by Gasteiger charge is -2.21. The summed E-state index contributed by atoms with van der Waals surface area (Å²) < 4.78 is 17.0. The normalized spacial score (nSPS) is 12.3. The van der Waals surface area contributed by atoms with Crippen LogP contribution in [0.3, 0.4) is 0 Å². The van der Waals surface area contributed by atoms with Gasteiger partial charge in [-0.25, -0.2) is 4.79 Å². The fourth-order valence-electron chi connectivity index (χ4n) is 2.15. The zero-order valence-corrected chi connectivity index (χ0v) is 16.9. The Hall–Kier alpha value is -1.74. The van der Waals surface area contributed by atoms with Crippen molar-refractivity contribution in [2.75, 3.05) is 7.11 Å². The molecule has 0 aliphatic heterocycles. The molecule has 23 heavy (non-hydrogen) atoms. The van der Waals surface area contributed by atoms with Crippen molar-refractivity contribution in [3.63, 3.8) is 0 Å². The van der Waals surface area contributed by atoms with Gasteiger partial charge in [0.1, 0.15) is 11.4 Å². The molecule has 0 saturated carbocycles. The molecular weight excluding hydrogens is 326 g/mol. The second-order valence-corrected chi connectivity index (χ2v) is 16.3. The quantitative estimate of drug-likeness (QED) is 0.812. The molecule has 0 aliphatic rings. The van der Waals surface area contributed by atoms with Crippen molar-refractivity contribution in [3.8, 4) is 11.5 Å². The van der Waals surface area contributed by atoms with Crippen LogP contribution in [0.4, 0.5) is 0 Å². The first kappa shape index (κ1) is 17.6. The Balaban J connectivity index is 2.41. The number of carbonyl (C=O) groups is 1. The van der Waals surface area contributed by atoms with E-state index in [9.17, 15) is 4.79 Å². The molecule has 5 nitrogen and oxygen atoms in total. The summed E-state index contributed by atoms with van der Waals surface area (Å²) in [6.45, 7) is 12.3. The standard InChI is InChI=1S/C16H25NO4Si2/c1-19-14-9-11-8-13(16(18)21-23(5,6)7)17-12(11)10-15(14)20-22(2,3)4/h8-10,17H,1-7H3. The largest absolute Gasteiger partial charge is 0.542 e. The summed E-state index contributed by atoms with van der Waals surface area (Å²) in [5, 5.41) is 0.896. The number of aromatic nitrogens is 1. The number of carbonyl (C=O) groups excluding carboxylic acids is 1. The molecule has 0 fully saturated rings. The van der Waals surface area contributed by atoms with Crippen molar-refractivity contribution >= 4 is 33.5 Å². The second kappa shape index (κ2) is 6.05. The summed E-state index contributed by atoms with van der Waals surface area (Å²) in [5.74, 6) is 1.06. The minimum absolute atomic E-state index is 0.313. The lowest BCUT2D eigenvalue weighted by atomic mass is 10.2. The zero-order chi connectivity index (χ0) is 17.4. The van der Waals surface area contributed by atoms with E-state index in [-0.39, 0.29) is 5.97 Å². The van der Waals surface area contributed by atoms with Crippen molar-refractivity contribution in [1.82, 2.24) is 4.98 Å². The molecule has 0 atom stereocenters. The van der Waals surface area contributed by atoms with Gasteiger partial charge in [-0.15, -0.1) is 0 Å². The third-order valence-electron chi connectivity index (χ3n) is 2.94. The molecule has 2 aromatic rings. The van der Waals surface area contributed by atoms with Crippen LogP contribution < -0.4 is 9.16 Å². The lowest BCUT2D eigenvalue weighted by molar-refractivity contribution is 0.0719. The van der Waals surface area contributed by atoms with E-state index in [2.05, 4.69) is 24.6 Å². The van der Waals surface area contributed by atoms with Gasteiger partial charge in [-0.05, 0) is 51.4 Å². The number of aromatic amines is 1. The van der Waals surface area contributed by atoms with Gasteiger partial charge in [-0.2, -0.15) is 0 Å². The van der Waals surface area contributed by atoms with E-state index >= 15 is 0 Å². The van der Waals surface area contributed by atoms with E-state index in [4.69, 9.17) is 13.6 Å². The lowest BCUT2D eigenvalue weighted by Crippen LogP contribution is -2.29. The molecule has 0 spiro atoms. The zero-order valence-electron chi connectivity index (χ0n) is 14.9. The van der Waals surface area contributed by atoms with Crippen molar-refractivity contribution in [1.29, 1.82) is 0 Å². The molecule has 1 heterocycles. The number of hydrogen-bond acceptors (Lipinski definition) is 4. The summed E-state index contributed by atoms with van der Waals surface area (Å²) in [6.07, 6.45) is 0. The average Bonchev–Trinajstić information content (AvgIpc) is 2.76. The first-order chi connectivity index (χ1) is 10.5. The summed E-state index contributed by atoms with van der Waals surface area (Å²) in [7, 11) is -2.07. The Morgan fingerprint density at radius 3 is 2.13 bits per heavy atom. The number of rotatable bonds is 5. The SMILES string of the molecule is COc1cc2cc(C(=O)O[Si](C)(C)C)[nH]c2cc1O[Si](C)(C)C. The molecular formula is C16H25NO4Si2. The molecule has 1 aromatic carbocycles. The van der Waals surface area contributed by atoms with Gasteiger partial charge in [0.25, 0.3) is 0 Å². The van der Waals surface area contributed by atoms with E-state index in [1.54, 1.807) is 13.2 Å². The van der Waals surface area contributed by atoms with Gasteiger partial charge in [0.05, 0.1) is 7.11 Å². The van der Waals surface area contributed by atoms with Gasteiger partial charge in [0, 0.05) is 17.0 Å². The monoisotopic (exact) mass is 351 g/mol. The third kappa shape index (κ3) is 4.62. The van der Waals surface area contributed by atoms with Crippen LogP contribution in [0.15, 0.2) is 18.2 Å². The van der Waals surface area contributed by atoms with E-state index in [1.807, 2.05) is 31.8 Å². The van der Waals surface area contributed by atoms with E-state index in [1.165, 1.54) is 0 Å². The molecule has 126 valence electrons. The second-order valence-electron chi connectivity index (χ2n) is 7.49. The molecule has 0 radical (unpaired) electrons. The Kier molecular flexibility index (Phi) is 4.63. The van der Waals surface area contributed by atoms with E-state index in [0.29, 0.717) is 17.2 Å². The maximum absolute atomic E-state index is 12.2. The molecule has 0 saturated heterocycles. The molecule has 0 amide bonds. The van der Waals surface area contributed by atoms with Crippen LogP contribution in [0.5, 0.6) is 11.5 Å². The number of ether oxygens (including phenoxy) is 1. The van der Waals surface area contributed by atoms with Gasteiger partial charge in [-0.3, -0.25) is 0 Å². The summed E-state index contributed by atoms with van der Waals surface area (Å²) in [6, 6.07) is 5.56. The minimum Gasteiger partial charge on any atom is -0.542 e. The fraction of sp³-hybridized carbons (Fsp3) is 0.438. The first-order valence-corrected chi connectivity index (χ1v) is 14.4. The topological polar surface area (TPSA) is 60.5 Å². The van der Waals surface area contributed by atoms with Crippen LogP contribution >= 0.6 is 0 Å². The minimum atomic E-state index is -1.93. The third-order valence-corrected chi connectivity index (χ3v) is 4.57. The maximum atomic E-state index is 12.2. The van der Waals surface area contributed by atoms with Crippen molar-refractivity contribution < 1.29 is 18.4 Å². The Labute approximate surface area is 139 Å². The van der Waals surface area contributed by atoms with Crippen LogP contribution in [0.25, 0.3) is 10.9 Å². The molecule has 7 heteroatoms. The molecule has 2 rings (SSSR count). The van der Waals surface area contributed by atoms with Gasteiger partial charge in [0.2, 0.25) is 16.6 Å². The maximum Gasteiger partial charge on any atom is 0.341 e. The van der Waals surface area contributed by atoms with Crippen LogP contribution in [0.1, 0.15) is 10.5 Å². The molecule has 1 aromatic heterocycles. The van der Waals surface area contributed by atoms with Crippen LogP contribution in [0, 0.1) is 0 Å². The average molecular weight is 352 g/mol. The van der Waals surface area contributed by atoms with Gasteiger partial charge in [0.15, 0.2) is 5.75 Å². The number of nitrogens with one attached hydrogen (secondary N) is 1. The predicted octanol–water partition coefficient (Wildman–Crippen LogP) is 4.38. The van der Waals surface area contributed by atoms with Crippen molar-refractivity contribution in [2.24, 2.45) is 0 Å². The highest BCUT2D eigenvalue weighted by Gasteiger charge is 2.23. The van der Waals surface area contributed by atoms with Crippen LogP contribution in [-0.2, 0) is 4.43 Å². The van der Waals surface area contributed by atoms with Crippen LogP contribution in [0.2, 0.25) is 39.3 Å². The molecule has 0 unspecified atom stereocenters. The Morgan fingerprint density at radius 1 is 0.957 bits per heavy atom. The summed E-state index contributed by atoms with van der Waals surface area (Å²) in [4.78, 5) is 15.3. The first-order valence-electron chi connectivity index (χ1n) is 7.62. The van der Waals surface area contributed by atoms with Gasteiger partial charge < -0.3 is 18.6 Å². The van der Waals surface area contributed by atoms with Gasteiger partial charge in [-0.1, -0.05) is 0 Å². The Morgan fingerprint density at radius 2 is 1.61 bits per heavy atom. The number of H-pyrrole nitrogens is 1. The number of hydrogen-bond donors (Lipinski definition) is 1. The van der Waals surface area contributed by atoms with Crippen molar-refractivity contribution in [3.05, 3.63) is 23.9 Å². The number of benzene rings is 1. The van der Waals surface area contributed by atoms with Gasteiger partial charge >= 0.3 is 5.97 Å². The van der Waals surface area contributed by atoms with E-state index in [0.717, 1.165) is 10.9 Å². The van der Waals surface area contributed by atoms with Crippen molar-refractivity contribution in [2.45, 2.75) is 39.3 Å². The number of methoxy groups -OCH3 is 1. The highest BCUT2D eigenvalue weighted by Crippen LogP contribution is 2.34. The smallest absolute Gasteiger partial charge is 0.341 e. The molecule has 0 bridgehead atoms.